The Morgan fingerprint density at radius 3 is 2.64 bits per heavy atom. The van der Waals surface area contributed by atoms with Crippen LogP contribution in [0.5, 0.6) is 0 Å². The molecule has 7 heteroatoms. The molecule has 2 aromatic rings. The summed E-state index contributed by atoms with van der Waals surface area (Å²) in [5.41, 5.74) is 1.07. The number of ether oxygens (including phenoxy) is 3. The van der Waals surface area contributed by atoms with Crippen LogP contribution in [0, 0.1) is 0 Å². The Kier molecular flexibility index (Phi) is 5.87. The van der Waals surface area contributed by atoms with E-state index in [-0.39, 0.29) is 19.1 Å². The van der Waals surface area contributed by atoms with Crippen molar-refractivity contribution >= 4 is 40.8 Å². The Morgan fingerprint density at radius 1 is 1.20 bits per heavy atom. The minimum Gasteiger partial charge on any atom is -0.459 e. The third kappa shape index (κ3) is 4.10. The highest BCUT2D eigenvalue weighted by molar-refractivity contribution is 6.35. The van der Waals surface area contributed by atoms with E-state index < -0.39 is 17.9 Å². The molecule has 1 aliphatic heterocycles. The molecule has 1 aliphatic rings. The molecule has 1 fully saturated rings. The molecule has 2 atom stereocenters. The average Bonchev–Trinajstić information content (AvgIpc) is 3.05. The fraction of sp³-hybridized carbons (Fsp3) is 0.278. The Morgan fingerprint density at radius 2 is 1.96 bits per heavy atom. The van der Waals surface area contributed by atoms with Gasteiger partial charge in [0.1, 0.15) is 12.7 Å². The molecule has 3 rings (SSSR count). The number of rotatable bonds is 5. The van der Waals surface area contributed by atoms with Gasteiger partial charge in [0, 0.05) is 10.6 Å². The van der Waals surface area contributed by atoms with Gasteiger partial charge >= 0.3 is 5.97 Å². The monoisotopic (exact) mass is 400 g/mol. The zero-order valence-corrected chi connectivity index (χ0v) is 15.4. The van der Waals surface area contributed by atoms with Crippen molar-refractivity contribution in [2.45, 2.75) is 11.9 Å². The molecule has 25 heavy (non-hydrogen) atoms. The van der Waals surface area contributed by atoms with Gasteiger partial charge in [0.25, 0.3) is 0 Å². The maximum absolute atomic E-state index is 12.0. The fourth-order valence-electron chi connectivity index (χ4n) is 2.55. The van der Waals surface area contributed by atoms with Crippen LogP contribution in [-0.4, -0.2) is 31.2 Å². The standard InChI is InChI=1S/C18H15Cl3O4/c19-11-18(15-7-6-13(20)8-16(15)21)24-10-14(25-18)9-23-17(22)12-4-2-1-3-5-12/h1-8,14H,9-11H2/t14-,18-/m0/s1. The van der Waals surface area contributed by atoms with Crippen LogP contribution in [-0.2, 0) is 20.0 Å². The van der Waals surface area contributed by atoms with Crippen LogP contribution in [0.2, 0.25) is 10.0 Å². The molecule has 2 aromatic carbocycles. The molecular formula is C18H15Cl3O4. The minimum atomic E-state index is -1.19. The van der Waals surface area contributed by atoms with Crippen LogP contribution in [0.3, 0.4) is 0 Å². The van der Waals surface area contributed by atoms with Crippen LogP contribution in [0.1, 0.15) is 15.9 Å². The zero-order valence-electron chi connectivity index (χ0n) is 13.1. The molecule has 1 saturated heterocycles. The van der Waals surface area contributed by atoms with Crippen molar-refractivity contribution in [3.8, 4) is 0 Å². The lowest BCUT2D eigenvalue weighted by Gasteiger charge is -2.27. The van der Waals surface area contributed by atoms with Gasteiger partial charge in [0.2, 0.25) is 5.79 Å². The molecule has 0 aliphatic carbocycles. The molecule has 0 bridgehead atoms. The normalized spacial score (nSPS) is 22.8. The van der Waals surface area contributed by atoms with E-state index in [1.807, 2.05) is 6.07 Å². The summed E-state index contributed by atoms with van der Waals surface area (Å²) < 4.78 is 17.0. The van der Waals surface area contributed by atoms with Crippen LogP contribution in [0.25, 0.3) is 0 Å². The lowest BCUT2D eigenvalue weighted by Crippen LogP contribution is -2.31. The molecular weight excluding hydrogens is 387 g/mol. The lowest BCUT2D eigenvalue weighted by atomic mass is 10.1. The van der Waals surface area contributed by atoms with Crippen molar-refractivity contribution in [3.05, 3.63) is 69.7 Å². The number of hydrogen-bond acceptors (Lipinski definition) is 4. The molecule has 0 saturated carbocycles. The van der Waals surface area contributed by atoms with Gasteiger partial charge in [-0.1, -0.05) is 47.5 Å². The van der Waals surface area contributed by atoms with Gasteiger partial charge in [-0.3, -0.25) is 0 Å². The first-order chi connectivity index (χ1) is 12.0. The van der Waals surface area contributed by atoms with E-state index in [1.165, 1.54) is 0 Å². The summed E-state index contributed by atoms with van der Waals surface area (Å²) in [5.74, 6) is -1.57. The summed E-state index contributed by atoms with van der Waals surface area (Å²) in [6.07, 6.45) is -0.446. The minimum absolute atomic E-state index is 0.0392. The summed E-state index contributed by atoms with van der Waals surface area (Å²) in [4.78, 5) is 12.0. The topological polar surface area (TPSA) is 44.8 Å². The second kappa shape index (κ2) is 7.94. The number of carbonyl (C=O) groups excluding carboxylic acids is 1. The summed E-state index contributed by atoms with van der Waals surface area (Å²) >= 11 is 18.3. The first-order valence-corrected chi connectivity index (χ1v) is 8.88. The summed E-state index contributed by atoms with van der Waals surface area (Å²) in [5, 5.41) is 0.903. The number of benzene rings is 2. The zero-order chi connectivity index (χ0) is 17.9. The molecule has 132 valence electrons. The first kappa shape index (κ1) is 18.5. The molecule has 4 nitrogen and oxygen atoms in total. The average molecular weight is 402 g/mol. The van der Waals surface area contributed by atoms with Crippen molar-refractivity contribution in [1.82, 2.24) is 0 Å². The fourth-order valence-corrected chi connectivity index (χ4v) is 3.39. The molecule has 0 radical (unpaired) electrons. The van der Waals surface area contributed by atoms with E-state index in [0.29, 0.717) is 21.2 Å². The largest absolute Gasteiger partial charge is 0.459 e. The Bertz CT molecular complexity index is 753. The maximum atomic E-state index is 12.0. The van der Waals surface area contributed by atoms with E-state index in [9.17, 15) is 4.79 Å². The van der Waals surface area contributed by atoms with Crippen molar-refractivity contribution in [3.63, 3.8) is 0 Å². The number of esters is 1. The van der Waals surface area contributed by atoms with Gasteiger partial charge in [-0.2, -0.15) is 0 Å². The molecule has 0 aromatic heterocycles. The molecule has 0 unspecified atom stereocenters. The molecule has 1 heterocycles. The SMILES string of the molecule is O=C(OC[C@H]1CO[C@](CCl)(c2ccc(Cl)cc2Cl)O1)c1ccccc1. The van der Waals surface area contributed by atoms with Crippen molar-refractivity contribution in [2.24, 2.45) is 0 Å². The van der Waals surface area contributed by atoms with E-state index in [1.54, 1.807) is 42.5 Å². The van der Waals surface area contributed by atoms with Gasteiger partial charge in [0.15, 0.2) is 0 Å². The van der Waals surface area contributed by atoms with Crippen LogP contribution < -0.4 is 0 Å². The van der Waals surface area contributed by atoms with Gasteiger partial charge in [-0.05, 0) is 24.3 Å². The summed E-state index contributed by atoms with van der Waals surface area (Å²) in [6.45, 7) is 0.283. The van der Waals surface area contributed by atoms with Crippen molar-refractivity contribution < 1.29 is 19.0 Å². The number of carbonyl (C=O) groups is 1. The van der Waals surface area contributed by atoms with Gasteiger partial charge in [-0.25, -0.2) is 4.79 Å². The quantitative estimate of drug-likeness (QED) is 0.540. The molecule has 0 amide bonds. The Labute approximate surface area is 160 Å². The maximum Gasteiger partial charge on any atom is 0.338 e. The van der Waals surface area contributed by atoms with Crippen LogP contribution >= 0.6 is 34.8 Å². The highest BCUT2D eigenvalue weighted by atomic mass is 35.5. The van der Waals surface area contributed by atoms with E-state index >= 15 is 0 Å². The third-order valence-corrected chi connectivity index (χ3v) is 4.69. The predicted octanol–water partition coefficient (Wildman–Crippen LogP) is 4.66. The van der Waals surface area contributed by atoms with Crippen molar-refractivity contribution in [2.75, 3.05) is 19.1 Å². The van der Waals surface area contributed by atoms with E-state index in [0.717, 1.165) is 0 Å². The highest BCUT2D eigenvalue weighted by Crippen LogP contribution is 2.40. The smallest absolute Gasteiger partial charge is 0.338 e. The summed E-state index contributed by atoms with van der Waals surface area (Å²) in [6, 6.07) is 13.7. The summed E-state index contributed by atoms with van der Waals surface area (Å²) in [7, 11) is 0. The predicted molar refractivity (Wildman–Crippen MR) is 96.4 cm³/mol. The van der Waals surface area contributed by atoms with Gasteiger partial charge < -0.3 is 14.2 Å². The van der Waals surface area contributed by atoms with Crippen molar-refractivity contribution in [1.29, 1.82) is 0 Å². The Hall–Kier alpha value is -1.30. The number of hydrogen-bond donors (Lipinski definition) is 0. The second-order valence-electron chi connectivity index (χ2n) is 5.53. The van der Waals surface area contributed by atoms with Crippen LogP contribution in [0.15, 0.2) is 48.5 Å². The second-order valence-corrected chi connectivity index (χ2v) is 6.64. The molecule has 0 spiro atoms. The molecule has 0 N–H and O–H groups in total. The van der Waals surface area contributed by atoms with E-state index in [2.05, 4.69) is 0 Å². The van der Waals surface area contributed by atoms with Gasteiger partial charge in [-0.15, -0.1) is 11.6 Å². The first-order valence-electron chi connectivity index (χ1n) is 7.59. The Balaban J connectivity index is 1.66. The highest BCUT2D eigenvalue weighted by Gasteiger charge is 2.44. The van der Waals surface area contributed by atoms with Gasteiger partial charge in [0.05, 0.1) is 23.1 Å². The number of alkyl halides is 1. The third-order valence-electron chi connectivity index (χ3n) is 3.79. The van der Waals surface area contributed by atoms with E-state index in [4.69, 9.17) is 49.0 Å². The lowest BCUT2D eigenvalue weighted by molar-refractivity contribution is -0.162. The van der Waals surface area contributed by atoms with Crippen LogP contribution in [0.4, 0.5) is 0 Å². The number of halogens is 3.